The van der Waals surface area contributed by atoms with Crippen molar-refractivity contribution >= 4 is 27.6 Å². The summed E-state index contributed by atoms with van der Waals surface area (Å²) < 4.78 is 36.4. The summed E-state index contributed by atoms with van der Waals surface area (Å²) in [6, 6.07) is 12.3. The fourth-order valence-electron chi connectivity index (χ4n) is 2.55. The standard InChI is InChI=1S/C20H24N2O6S/c1-4-22(5-2)29(25,26)18-8-6-7-15(13-18)20(24)21-16-9-11-17(12-10-16)28-14-19(23)27-3/h6-13H,4-5,14H2,1-3H3,(H,21,24). The highest BCUT2D eigenvalue weighted by atomic mass is 32.2. The Balaban J connectivity index is 2.11. The summed E-state index contributed by atoms with van der Waals surface area (Å²) in [5.41, 5.74) is 0.724. The Morgan fingerprint density at radius 3 is 2.28 bits per heavy atom. The molecule has 2 aromatic rings. The summed E-state index contributed by atoms with van der Waals surface area (Å²) in [5, 5.41) is 2.70. The molecule has 0 aromatic heterocycles. The van der Waals surface area contributed by atoms with Gasteiger partial charge in [0.05, 0.1) is 12.0 Å². The summed E-state index contributed by atoms with van der Waals surface area (Å²) in [6.45, 7) is 4.00. The van der Waals surface area contributed by atoms with Crippen LogP contribution in [0.4, 0.5) is 5.69 Å². The van der Waals surface area contributed by atoms with E-state index in [4.69, 9.17) is 4.74 Å². The van der Waals surface area contributed by atoms with Gasteiger partial charge in [0.15, 0.2) is 6.61 Å². The number of carbonyl (C=O) groups excluding carboxylic acids is 2. The maximum absolute atomic E-state index is 12.6. The van der Waals surface area contributed by atoms with E-state index in [0.717, 1.165) is 0 Å². The van der Waals surface area contributed by atoms with Gasteiger partial charge in [-0.2, -0.15) is 4.31 Å². The molecule has 0 saturated carbocycles. The molecule has 0 atom stereocenters. The second-order valence-corrected chi connectivity index (χ2v) is 7.90. The molecule has 0 fully saturated rings. The van der Waals surface area contributed by atoms with Gasteiger partial charge in [-0.25, -0.2) is 13.2 Å². The van der Waals surface area contributed by atoms with E-state index in [-0.39, 0.29) is 17.1 Å². The minimum atomic E-state index is -3.65. The molecule has 0 bridgehead atoms. The van der Waals surface area contributed by atoms with Gasteiger partial charge >= 0.3 is 5.97 Å². The van der Waals surface area contributed by atoms with Crippen molar-refractivity contribution in [3.05, 3.63) is 54.1 Å². The number of nitrogens with zero attached hydrogens (tertiary/aromatic N) is 1. The molecule has 0 unspecified atom stereocenters. The predicted octanol–water partition coefficient (Wildman–Crippen LogP) is 2.52. The summed E-state index contributed by atoms with van der Waals surface area (Å²) >= 11 is 0. The molecule has 156 valence electrons. The van der Waals surface area contributed by atoms with E-state index in [1.54, 1.807) is 44.2 Å². The first-order valence-electron chi connectivity index (χ1n) is 9.03. The lowest BCUT2D eigenvalue weighted by Gasteiger charge is -2.18. The third-order valence-electron chi connectivity index (χ3n) is 4.14. The van der Waals surface area contributed by atoms with E-state index in [2.05, 4.69) is 10.1 Å². The van der Waals surface area contributed by atoms with Crippen LogP contribution < -0.4 is 10.1 Å². The number of anilines is 1. The summed E-state index contributed by atoms with van der Waals surface area (Å²) in [6.07, 6.45) is 0. The molecule has 2 rings (SSSR count). The lowest BCUT2D eigenvalue weighted by atomic mass is 10.2. The van der Waals surface area contributed by atoms with Crippen LogP contribution in [-0.2, 0) is 19.6 Å². The zero-order valence-corrected chi connectivity index (χ0v) is 17.4. The average Bonchev–Trinajstić information content (AvgIpc) is 2.73. The molecule has 2 aromatic carbocycles. The van der Waals surface area contributed by atoms with E-state index < -0.39 is 21.9 Å². The predicted molar refractivity (Wildman–Crippen MR) is 108 cm³/mol. The smallest absolute Gasteiger partial charge is 0.343 e. The molecular formula is C20H24N2O6S. The van der Waals surface area contributed by atoms with Crippen LogP contribution in [0.25, 0.3) is 0 Å². The van der Waals surface area contributed by atoms with Crippen molar-refractivity contribution in [2.24, 2.45) is 0 Å². The van der Waals surface area contributed by atoms with Gasteiger partial charge in [-0.05, 0) is 42.5 Å². The van der Waals surface area contributed by atoms with Gasteiger partial charge in [-0.15, -0.1) is 0 Å². The van der Waals surface area contributed by atoms with Crippen molar-refractivity contribution in [1.29, 1.82) is 0 Å². The van der Waals surface area contributed by atoms with Crippen molar-refractivity contribution in [1.82, 2.24) is 4.31 Å². The third kappa shape index (κ3) is 5.78. The van der Waals surface area contributed by atoms with Crippen LogP contribution in [0.5, 0.6) is 5.75 Å². The highest BCUT2D eigenvalue weighted by Crippen LogP contribution is 2.19. The van der Waals surface area contributed by atoms with Crippen LogP contribution in [0.15, 0.2) is 53.4 Å². The van der Waals surface area contributed by atoms with E-state index in [0.29, 0.717) is 24.5 Å². The number of hydrogen-bond donors (Lipinski definition) is 1. The number of carbonyl (C=O) groups is 2. The summed E-state index contributed by atoms with van der Waals surface area (Å²) in [5.74, 6) is -0.493. The monoisotopic (exact) mass is 420 g/mol. The highest BCUT2D eigenvalue weighted by Gasteiger charge is 2.22. The van der Waals surface area contributed by atoms with Crippen LogP contribution in [0.2, 0.25) is 0 Å². The van der Waals surface area contributed by atoms with Crippen LogP contribution in [-0.4, -0.2) is 51.4 Å². The topological polar surface area (TPSA) is 102 Å². The second-order valence-electron chi connectivity index (χ2n) is 5.96. The molecule has 8 nitrogen and oxygen atoms in total. The van der Waals surface area contributed by atoms with E-state index in [1.807, 2.05) is 0 Å². The number of hydrogen-bond acceptors (Lipinski definition) is 6. The average molecular weight is 420 g/mol. The van der Waals surface area contributed by atoms with Crippen LogP contribution >= 0.6 is 0 Å². The van der Waals surface area contributed by atoms with Gasteiger partial charge < -0.3 is 14.8 Å². The molecule has 0 radical (unpaired) electrons. The maximum Gasteiger partial charge on any atom is 0.343 e. The van der Waals surface area contributed by atoms with Gasteiger partial charge in [-0.1, -0.05) is 19.9 Å². The van der Waals surface area contributed by atoms with E-state index in [1.165, 1.54) is 29.6 Å². The molecule has 0 aliphatic carbocycles. The molecule has 0 spiro atoms. The lowest BCUT2D eigenvalue weighted by molar-refractivity contribution is -0.142. The zero-order valence-electron chi connectivity index (χ0n) is 16.5. The summed E-state index contributed by atoms with van der Waals surface area (Å²) in [4.78, 5) is 23.7. The Hall–Kier alpha value is -2.91. The van der Waals surface area contributed by atoms with Crippen molar-refractivity contribution in [2.45, 2.75) is 18.7 Å². The highest BCUT2D eigenvalue weighted by molar-refractivity contribution is 7.89. The van der Waals surface area contributed by atoms with Crippen molar-refractivity contribution in [3.8, 4) is 5.75 Å². The van der Waals surface area contributed by atoms with Gasteiger partial charge in [0.1, 0.15) is 5.75 Å². The van der Waals surface area contributed by atoms with Gasteiger partial charge in [0.25, 0.3) is 5.91 Å². The number of rotatable bonds is 9. The minimum absolute atomic E-state index is 0.0698. The van der Waals surface area contributed by atoms with Crippen LogP contribution in [0.1, 0.15) is 24.2 Å². The number of amides is 1. The number of nitrogens with one attached hydrogen (secondary N) is 1. The van der Waals surface area contributed by atoms with E-state index >= 15 is 0 Å². The molecule has 0 saturated heterocycles. The Morgan fingerprint density at radius 1 is 1.03 bits per heavy atom. The molecule has 9 heteroatoms. The van der Waals surface area contributed by atoms with Crippen LogP contribution in [0.3, 0.4) is 0 Å². The SMILES string of the molecule is CCN(CC)S(=O)(=O)c1cccc(C(=O)Nc2ccc(OCC(=O)OC)cc2)c1. The molecule has 0 aliphatic heterocycles. The van der Waals surface area contributed by atoms with E-state index in [9.17, 15) is 18.0 Å². The van der Waals surface area contributed by atoms with Gasteiger partial charge in [0, 0.05) is 24.3 Å². The third-order valence-corrected chi connectivity index (χ3v) is 6.18. The Kier molecular flexibility index (Phi) is 7.74. The Bertz CT molecular complexity index is 953. The Labute approximate surface area is 170 Å². The number of benzene rings is 2. The fraction of sp³-hybridized carbons (Fsp3) is 0.300. The minimum Gasteiger partial charge on any atom is -0.482 e. The van der Waals surface area contributed by atoms with Crippen molar-refractivity contribution in [3.63, 3.8) is 0 Å². The first-order valence-corrected chi connectivity index (χ1v) is 10.5. The first-order chi connectivity index (χ1) is 13.8. The largest absolute Gasteiger partial charge is 0.482 e. The van der Waals surface area contributed by atoms with Gasteiger partial charge in [0.2, 0.25) is 10.0 Å². The van der Waals surface area contributed by atoms with Crippen molar-refractivity contribution < 1.29 is 27.5 Å². The zero-order chi connectivity index (χ0) is 21.4. The molecule has 29 heavy (non-hydrogen) atoms. The normalized spacial score (nSPS) is 11.2. The maximum atomic E-state index is 12.6. The molecular weight excluding hydrogens is 396 g/mol. The number of methoxy groups -OCH3 is 1. The first kappa shape index (κ1) is 22.4. The molecule has 1 N–H and O–H groups in total. The molecule has 0 heterocycles. The number of sulfonamides is 1. The quantitative estimate of drug-likeness (QED) is 0.626. The van der Waals surface area contributed by atoms with Crippen molar-refractivity contribution in [2.75, 3.05) is 32.1 Å². The molecule has 0 aliphatic rings. The number of esters is 1. The lowest BCUT2D eigenvalue weighted by Crippen LogP contribution is -2.30. The van der Waals surface area contributed by atoms with Gasteiger partial charge in [-0.3, -0.25) is 4.79 Å². The Morgan fingerprint density at radius 2 is 1.69 bits per heavy atom. The molecule has 1 amide bonds. The summed E-state index contributed by atoms with van der Waals surface area (Å²) in [7, 11) is -2.38. The second kappa shape index (κ2) is 10.0. The fourth-order valence-corrected chi connectivity index (χ4v) is 4.05. The number of ether oxygens (including phenoxy) is 2. The van der Waals surface area contributed by atoms with Crippen LogP contribution in [0, 0.1) is 0 Å².